The van der Waals surface area contributed by atoms with Crippen molar-refractivity contribution in [2.45, 2.75) is 38.2 Å². The van der Waals surface area contributed by atoms with E-state index in [2.05, 4.69) is 39.4 Å². The second-order valence-corrected chi connectivity index (χ2v) is 9.21. The van der Waals surface area contributed by atoms with Crippen molar-refractivity contribution in [2.75, 3.05) is 13.7 Å². The lowest BCUT2D eigenvalue weighted by atomic mass is 10.0. The molecule has 6 heteroatoms. The summed E-state index contributed by atoms with van der Waals surface area (Å²) in [4.78, 5) is 12.6. The molecule has 29 heavy (non-hydrogen) atoms. The number of hydrogen-bond donors (Lipinski definition) is 1. The summed E-state index contributed by atoms with van der Waals surface area (Å²) in [7, 11) is 1.44. The van der Waals surface area contributed by atoms with Gasteiger partial charge < -0.3 is 14.1 Å². The fourth-order valence-electron chi connectivity index (χ4n) is 3.89. The summed E-state index contributed by atoms with van der Waals surface area (Å²) >= 11 is 3.67. The number of hydrogen-bond acceptors (Lipinski definition) is 5. The molecule has 2 aromatic rings. The first kappa shape index (κ1) is 20.3. The molecule has 1 unspecified atom stereocenters. The molecule has 4 nitrogen and oxygen atoms in total. The third-order valence-corrected chi connectivity index (χ3v) is 7.33. The zero-order valence-electron chi connectivity index (χ0n) is 16.5. The average molecular weight is 428 g/mol. The zero-order valence-corrected chi connectivity index (χ0v) is 18.1. The minimum absolute atomic E-state index is 0.392. The van der Waals surface area contributed by atoms with Gasteiger partial charge in [-0.25, -0.2) is 4.79 Å². The molecule has 0 spiro atoms. The van der Waals surface area contributed by atoms with Gasteiger partial charge in [-0.1, -0.05) is 30.3 Å². The number of carboxylic acid groups (broad SMARTS) is 1. The molecule has 0 amide bonds. The van der Waals surface area contributed by atoms with Gasteiger partial charge in [-0.05, 0) is 76.7 Å². The van der Waals surface area contributed by atoms with Crippen LogP contribution in [0, 0.1) is 0 Å². The number of allylic oxidation sites excluding steroid dienone is 2. The highest BCUT2D eigenvalue weighted by molar-refractivity contribution is 8.00. The Morgan fingerprint density at radius 3 is 2.79 bits per heavy atom. The number of carbonyl (C=O) groups is 1. The van der Waals surface area contributed by atoms with Crippen molar-refractivity contribution in [1.29, 1.82) is 0 Å². The van der Waals surface area contributed by atoms with Crippen molar-refractivity contribution in [3.05, 3.63) is 74.3 Å². The van der Waals surface area contributed by atoms with E-state index in [-0.39, 0.29) is 0 Å². The number of benzene rings is 1. The van der Waals surface area contributed by atoms with E-state index in [9.17, 15) is 4.79 Å². The molecule has 2 aliphatic rings. The normalized spacial score (nSPS) is 16.5. The second-order valence-electron chi connectivity index (χ2n) is 7.37. The Labute approximate surface area is 180 Å². The van der Waals surface area contributed by atoms with Gasteiger partial charge >= 0.3 is 5.97 Å². The van der Waals surface area contributed by atoms with Gasteiger partial charge in [0.05, 0.1) is 10.6 Å². The van der Waals surface area contributed by atoms with E-state index < -0.39 is 12.1 Å². The maximum Gasteiger partial charge on any atom is 0.333 e. The molecular weight excluding hydrogens is 402 g/mol. The molecule has 152 valence electrons. The molecule has 2 heterocycles. The topological polar surface area (TPSA) is 49.8 Å². The number of carboxylic acids is 1. The molecule has 1 aromatic carbocycles. The van der Waals surface area contributed by atoms with Crippen LogP contribution in [0.25, 0.3) is 5.70 Å². The fourth-order valence-corrected chi connectivity index (χ4v) is 5.87. The summed E-state index contributed by atoms with van der Waals surface area (Å²) in [6.45, 7) is 1.01. The number of fused-ring (bicyclic) bond motifs is 2. The van der Waals surface area contributed by atoms with E-state index in [1.807, 2.05) is 35.4 Å². The van der Waals surface area contributed by atoms with Crippen LogP contribution in [0.2, 0.25) is 0 Å². The lowest BCUT2D eigenvalue weighted by molar-refractivity contribution is -0.148. The molecule has 1 aliphatic heterocycles. The number of thiophene rings is 1. The molecule has 1 aliphatic carbocycles. The van der Waals surface area contributed by atoms with Crippen LogP contribution in [0.1, 0.15) is 34.4 Å². The van der Waals surface area contributed by atoms with Crippen LogP contribution >= 0.6 is 23.3 Å². The molecule has 1 atom stereocenters. The largest absolute Gasteiger partial charge is 0.479 e. The number of rotatable bonds is 8. The molecule has 0 saturated carbocycles. The molecule has 0 bridgehead atoms. The van der Waals surface area contributed by atoms with Crippen LogP contribution in [-0.2, 0) is 28.8 Å². The van der Waals surface area contributed by atoms with Gasteiger partial charge in [-0.2, -0.15) is 0 Å². The van der Waals surface area contributed by atoms with E-state index in [1.165, 1.54) is 28.8 Å². The Kier molecular flexibility index (Phi) is 6.43. The summed E-state index contributed by atoms with van der Waals surface area (Å²) in [5, 5.41) is 13.5. The standard InChI is InChI=1S/C23H25NO3S2/c1-27-20(23(25)26)14-17-8-6-16(7-9-17)4-2-11-24-21-18(5-3-12-29-24)15-19-10-13-28-22(19)21/h3,6-10,12-13,20H,2,4-5,11,14-15H2,1H3,(H,25,26). The Morgan fingerprint density at radius 2 is 2.03 bits per heavy atom. The summed E-state index contributed by atoms with van der Waals surface area (Å²) in [6, 6.07) is 10.5. The van der Waals surface area contributed by atoms with E-state index in [1.54, 1.807) is 5.57 Å². The molecule has 1 N–H and O–H groups in total. The number of aryl methyl sites for hydroxylation is 1. The van der Waals surface area contributed by atoms with E-state index >= 15 is 0 Å². The minimum Gasteiger partial charge on any atom is -0.479 e. The van der Waals surface area contributed by atoms with Crippen LogP contribution in [0.3, 0.4) is 0 Å². The fraction of sp³-hybridized carbons (Fsp3) is 0.348. The van der Waals surface area contributed by atoms with E-state index in [0.29, 0.717) is 6.42 Å². The first-order valence-electron chi connectivity index (χ1n) is 9.87. The van der Waals surface area contributed by atoms with Crippen LogP contribution in [-0.4, -0.2) is 35.1 Å². The molecule has 0 radical (unpaired) electrons. The minimum atomic E-state index is -0.921. The van der Waals surface area contributed by atoms with Gasteiger partial charge in [-0.3, -0.25) is 0 Å². The lowest BCUT2D eigenvalue weighted by Crippen LogP contribution is -2.24. The molecule has 4 rings (SSSR count). The second kappa shape index (κ2) is 9.20. The lowest BCUT2D eigenvalue weighted by Gasteiger charge is -2.23. The van der Waals surface area contributed by atoms with Gasteiger partial charge in [0.15, 0.2) is 6.10 Å². The summed E-state index contributed by atoms with van der Waals surface area (Å²) in [5.41, 5.74) is 6.74. The summed E-state index contributed by atoms with van der Waals surface area (Å²) in [5.74, 6) is -0.921. The average Bonchev–Trinajstić information content (AvgIpc) is 3.24. The van der Waals surface area contributed by atoms with E-state index in [4.69, 9.17) is 9.84 Å². The monoisotopic (exact) mass is 427 g/mol. The van der Waals surface area contributed by atoms with Crippen molar-refractivity contribution >= 4 is 35.0 Å². The molecular formula is C23H25NO3S2. The first-order chi connectivity index (χ1) is 14.2. The Bertz CT molecular complexity index is 930. The van der Waals surface area contributed by atoms with Crippen LogP contribution in [0.15, 0.2) is 52.8 Å². The third kappa shape index (κ3) is 4.60. The van der Waals surface area contributed by atoms with Gasteiger partial charge in [0.2, 0.25) is 0 Å². The number of methoxy groups -OCH3 is 1. The van der Waals surface area contributed by atoms with Crippen molar-refractivity contribution in [3.8, 4) is 0 Å². The van der Waals surface area contributed by atoms with Gasteiger partial charge in [0.25, 0.3) is 0 Å². The molecule has 1 aromatic heterocycles. The third-order valence-electron chi connectivity index (χ3n) is 5.43. The van der Waals surface area contributed by atoms with Crippen molar-refractivity contribution < 1.29 is 14.6 Å². The van der Waals surface area contributed by atoms with Crippen molar-refractivity contribution in [1.82, 2.24) is 4.31 Å². The van der Waals surface area contributed by atoms with Gasteiger partial charge in [0, 0.05) is 20.1 Å². The maximum atomic E-state index is 11.1. The Balaban J connectivity index is 1.34. The number of ether oxygens (including phenoxy) is 1. The SMILES string of the molecule is COC(Cc1ccc(CCCN2SC=CCC3=C2c2sccc2C3)cc1)C(=O)O. The van der Waals surface area contributed by atoms with Crippen LogP contribution in [0.5, 0.6) is 0 Å². The van der Waals surface area contributed by atoms with Crippen LogP contribution < -0.4 is 0 Å². The highest BCUT2D eigenvalue weighted by Gasteiger charge is 2.27. The van der Waals surface area contributed by atoms with Gasteiger partial charge in [-0.15, -0.1) is 11.3 Å². The maximum absolute atomic E-state index is 11.1. The van der Waals surface area contributed by atoms with E-state index in [0.717, 1.165) is 37.8 Å². The highest BCUT2D eigenvalue weighted by atomic mass is 32.2. The Hall–Kier alpha value is -2.02. The summed E-state index contributed by atoms with van der Waals surface area (Å²) in [6.07, 6.45) is 6.12. The predicted molar refractivity (Wildman–Crippen MR) is 120 cm³/mol. The first-order valence-corrected chi connectivity index (χ1v) is 11.6. The molecule has 0 saturated heterocycles. The van der Waals surface area contributed by atoms with Crippen LogP contribution in [0.4, 0.5) is 0 Å². The number of aliphatic carboxylic acids is 1. The van der Waals surface area contributed by atoms with Crippen molar-refractivity contribution in [3.63, 3.8) is 0 Å². The zero-order chi connectivity index (χ0) is 20.2. The molecule has 0 fully saturated rings. The predicted octanol–water partition coefficient (Wildman–Crippen LogP) is 5.16. The quantitative estimate of drug-likeness (QED) is 0.590. The Morgan fingerprint density at radius 1 is 1.24 bits per heavy atom. The number of nitrogens with zero attached hydrogens (tertiary/aromatic N) is 1. The highest BCUT2D eigenvalue weighted by Crippen LogP contribution is 2.44. The summed E-state index contributed by atoms with van der Waals surface area (Å²) < 4.78 is 7.49. The van der Waals surface area contributed by atoms with Gasteiger partial charge in [0.1, 0.15) is 0 Å². The smallest absolute Gasteiger partial charge is 0.333 e. The van der Waals surface area contributed by atoms with Crippen molar-refractivity contribution in [2.24, 2.45) is 0 Å².